The molecule has 0 aliphatic carbocycles. The molecule has 2 N–H and O–H groups in total. The summed E-state index contributed by atoms with van der Waals surface area (Å²) in [5.41, 5.74) is 1.72. The number of hydrogen-bond acceptors (Lipinski definition) is 2. The molecule has 22 heavy (non-hydrogen) atoms. The number of rotatable bonds is 1. The smallest absolute Gasteiger partial charge is 0.127 e. The zero-order valence-electron chi connectivity index (χ0n) is 11.8. The van der Waals surface area contributed by atoms with Gasteiger partial charge in [-0.3, -0.25) is 0 Å². The average molecular weight is 286 g/mol. The molecular weight excluding hydrogens is 272 g/mol. The second kappa shape index (κ2) is 4.78. The van der Waals surface area contributed by atoms with Crippen LogP contribution < -0.4 is 0 Å². The molecule has 0 unspecified atom stereocenters. The molecule has 0 saturated heterocycles. The van der Waals surface area contributed by atoms with E-state index < -0.39 is 0 Å². The zero-order valence-corrected chi connectivity index (χ0v) is 11.8. The first-order valence-electron chi connectivity index (χ1n) is 7.17. The molecule has 2 heteroatoms. The van der Waals surface area contributed by atoms with Gasteiger partial charge in [0.1, 0.15) is 11.5 Å². The SMILES string of the molecule is Oc1cc(O)c2ccccc2c1-c1cccc2ccccc12. The summed E-state index contributed by atoms with van der Waals surface area (Å²) in [7, 11) is 0. The van der Waals surface area contributed by atoms with Gasteiger partial charge in [0.05, 0.1) is 0 Å². The number of benzene rings is 4. The number of phenolic OH excluding ortho intramolecular Hbond substituents is 2. The Morgan fingerprint density at radius 1 is 0.545 bits per heavy atom. The van der Waals surface area contributed by atoms with Crippen molar-refractivity contribution in [3.63, 3.8) is 0 Å². The molecule has 0 aliphatic heterocycles. The van der Waals surface area contributed by atoms with Gasteiger partial charge in [-0.05, 0) is 21.7 Å². The van der Waals surface area contributed by atoms with Gasteiger partial charge in [-0.25, -0.2) is 0 Å². The first kappa shape index (κ1) is 12.7. The van der Waals surface area contributed by atoms with E-state index in [0.29, 0.717) is 0 Å². The van der Waals surface area contributed by atoms with Crippen LogP contribution in [-0.4, -0.2) is 10.2 Å². The van der Waals surface area contributed by atoms with Crippen LogP contribution in [0.2, 0.25) is 0 Å². The summed E-state index contributed by atoms with van der Waals surface area (Å²) in [6.07, 6.45) is 0. The van der Waals surface area contributed by atoms with E-state index in [1.165, 1.54) is 6.07 Å². The lowest BCUT2D eigenvalue weighted by Gasteiger charge is -2.13. The van der Waals surface area contributed by atoms with Gasteiger partial charge in [-0.2, -0.15) is 0 Å². The molecule has 4 aromatic carbocycles. The summed E-state index contributed by atoms with van der Waals surface area (Å²) in [5, 5.41) is 24.3. The summed E-state index contributed by atoms with van der Waals surface area (Å²) in [5.74, 6) is 0.185. The Kier molecular flexibility index (Phi) is 2.76. The van der Waals surface area contributed by atoms with E-state index >= 15 is 0 Å². The molecule has 0 fully saturated rings. The molecule has 0 amide bonds. The van der Waals surface area contributed by atoms with Crippen molar-refractivity contribution in [1.82, 2.24) is 0 Å². The fourth-order valence-electron chi connectivity index (χ4n) is 3.07. The molecule has 0 saturated carbocycles. The molecule has 0 heterocycles. The van der Waals surface area contributed by atoms with Crippen molar-refractivity contribution in [2.75, 3.05) is 0 Å². The predicted molar refractivity (Wildman–Crippen MR) is 90.2 cm³/mol. The maximum Gasteiger partial charge on any atom is 0.127 e. The van der Waals surface area contributed by atoms with E-state index in [1.807, 2.05) is 54.6 Å². The minimum Gasteiger partial charge on any atom is -0.507 e. The third kappa shape index (κ3) is 1.81. The van der Waals surface area contributed by atoms with E-state index in [-0.39, 0.29) is 11.5 Å². The molecule has 0 bridgehead atoms. The van der Waals surface area contributed by atoms with Gasteiger partial charge in [0, 0.05) is 17.0 Å². The van der Waals surface area contributed by atoms with Gasteiger partial charge in [-0.1, -0.05) is 66.7 Å². The molecule has 0 spiro atoms. The second-order valence-corrected chi connectivity index (χ2v) is 5.36. The second-order valence-electron chi connectivity index (χ2n) is 5.36. The van der Waals surface area contributed by atoms with Crippen molar-refractivity contribution in [3.8, 4) is 22.6 Å². The van der Waals surface area contributed by atoms with Gasteiger partial charge in [0.25, 0.3) is 0 Å². The molecule has 4 aromatic rings. The van der Waals surface area contributed by atoms with Crippen LogP contribution in [0.15, 0.2) is 72.8 Å². The predicted octanol–water partition coefficient (Wildman–Crippen LogP) is 5.07. The lowest BCUT2D eigenvalue weighted by Crippen LogP contribution is -1.86. The number of aromatic hydroxyl groups is 2. The van der Waals surface area contributed by atoms with Crippen molar-refractivity contribution >= 4 is 21.5 Å². The van der Waals surface area contributed by atoms with Crippen LogP contribution in [-0.2, 0) is 0 Å². The minimum atomic E-state index is 0.0903. The number of phenols is 2. The maximum absolute atomic E-state index is 10.4. The Labute approximate surface area is 127 Å². The summed E-state index contributed by atoms with van der Waals surface area (Å²) in [6, 6.07) is 23.1. The van der Waals surface area contributed by atoms with Crippen molar-refractivity contribution < 1.29 is 10.2 Å². The lowest BCUT2D eigenvalue weighted by molar-refractivity contribution is 0.456. The Morgan fingerprint density at radius 3 is 2.00 bits per heavy atom. The van der Waals surface area contributed by atoms with Gasteiger partial charge >= 0.3 is 0 Å². The molecule has 2 nitrogen and oxygen atoms in total. The summed E-state index contributed by atoms with van der Waals surface area (Å²) in [4.78, 5) is 0. The van der Waals surface area contributed by atoms with Crippen LogP contribution in [0.4, 0.5) is 0 Å². The Morgan fingerprint density at radius 2 is 1.18 bits per heavy atom. The van der Waals surface area contributed by atoms with Crippen LogP contribution in [0.3, 0.4) is 0 Å². The summed E-state index contributed by atoms with van der Waals surface area (Å²) < 4.78 is 0. The van der Waals surface area contributed by atoms with Crippen LogP contribution >= 0.6 is 0 Å². The van der Waals surface area contributed by atoms with E-state index in [2.05, 4.69) is 12.1 Å². The molecule has 0 aromatic heterocycles. The Balaban J connectivity index is 2.18. The zero-order chi connectivity index (χ0) is 15.1. The van der Waals surface area contributed by atoms with Crippen LogP contribution in [0.5, 0.6) is 11.5 Å². The number of hydrogen-bond donors (Lipinski definition) is 2. The van der Waals surface area contributed by atoms with Crippen LogP contribution in [0.25, 0.3) is 32.7 Å². The third-order valence-electron chi connectivity index (χ3n) is 4.06. The topological polar surface area (TPSA) is 40.5 Å². The largest absolute Gasteiger partial charge is 0.507 e. The van der Waals surface area contributed by atoms with E-state index in [1.54, 1.807) is 0 Å². The first-order valence-corrected chi connectivity index (χ1v) is 7.17. The summed E-state index contributed by atoms with van der Waals surface area (Å²) in [6.45, 7) is 0. The van der Waals surface area contributed by atoms with E-state index in [9.17, 15) is 10.2 Å². The first-order chi connectivity index (χ1) is 10.8. The number of fused-ring (bicyclic) bond motifs is 2. The Bertz CT molecular complexity index is 998. The van der Waals surface area contributed by atoms with Gasteiger partial charge in [-0.15, -0.1) is 0 Å². The highest BCUT2D eigenvalue weighted by molar-refractivity contribution is 6.09. The fourth-order valence-corrected chi connectivity index (χ4v) is 3.07. The third-order valence-corrected chi connectivity index (χ3v) is 4.06. The fraction of sp³-hybridized carbons (Fsp3) is 0. The quantitative estimate of drug-likeness (QED) is 0.513. The molecule has 0 radical (unpaired) electrons. The van der Waals surface area contributed by atoms with Gasteiger partial charge < -0.3 is 10.2 Å². The lowest BCUT2D eigenvalue weighted by atomic mass is 9.93. The standard InChI is InChI=1S/C20H14O2/c21-18-12-19(22)20(17-10-4-3-9-15(17)18)16-11-5-7-13-6-1-2-8-14(13)16/h1-12,21-22H. The van der Waals surface area contributed by atoms with Crippen molar-refractivity contribution in [2.24, 2.45) is 0 Å². The molecule has 4 rings (SSSR count). The van der Waals surface area contributed by atoms with Crippen LogP contribution in [0.1, 0.15) is 0 Å². The molecular formula is C20H14O2. The van der Waals surface area contributed by atoms with Gasteiger partial charge in [0.15, 0.2) is 0 Å². The maximum atomic E-state index is 10.4. The normalized spacial score (nSPS) is 11.1. The average Bonchev–Trinajstić information content (AvgIpc) is 2.55. The highest BCUT2D eigenvalue weighted by Gasteiger charge is 2.14. The summed E-state index contributed by atoms with van der Waals surface area (Å²) >= 11 is 0. The monoisotopic (exact) mass is 286 g/mol. The van der Waals surface area contributed by atoms with Crippen molar-refractivity contribution in [3.05, 3.63) is 72.8 Å². The van der Waals surface area contributed by atoms with E-state index in [4.69, 9.17) is 0 Å². The Hall–Kier alpha value is -3.00. The minimum absolute atomic E-state index is 0.0903. The van der Waals surface area contributed by atoms with Crippen LogP contribution in [0, 0.1) is 0 Å². The molecule has 0 atom stereocenters. The van der Waals surface area contributed by atoms with Gasteiger partial charge in [0.2, 0.25) is 0 Å². The van der Waals surface area contributed by atoms with E-state index in [0.717, 1.165) is 32.7 Å². The molecule has 106 valence electrons. The molecule has 0 aliphatic rings. The van der Waals surface area contributed by atoms with Crippen molar-refractivity contribution in [1.29, 1.82) is 0 Å². The highest BCUT2D eigenvalue weighted by atomic mass is 16.3. The van der Waals surface area contributed by atoms with Crippen molar-refractivity contribution in [2.45, 2.75) is 0 Å². The highest BCUT2D eigenvalue weighted by Crippen LogP contribution is 2.43.